The van der Waals surface area contributed by atoms with Crippen LogP contribution in [0, 0.1) is 5.41 Å². The molecule has 19 heavy (non-hydrogen) atoms. The van der Waals surface area contributed by atoms with Gasteiger partial charge in [0.1, 0.15) is 0 Å². The Morgan fingerprint density at radius 1 is 1.42 bits per heavy atom. The van der Waals surface area contributed by atoms with Crippen molar-refractivity contribution >= 4 is 29.9 Å². The number of carbonyl (C=O) groups is 1. The lowest BCUT2D eigenvalue weighted by Crippen LogP contribution is -2.44. The van der Waals surface area contributed by atoms with Crippen LogP contribution < -0.4 is 5.73 Å². The molecule has 0 radical (unpaired) electrons. The molecule has 0 heterocycles. The van der Waals surface area contributed by atoms with E-state index in [4.69, 9.17) is 17.3 Å². The van der Waals surface area contributed by atoms with E-state index in [2.05, 4.69) is 0 Å². The molecule has 0 aromatic heterocycles. The Labute approximate surface area is 126 Å². The summed E-state index contributed by atoms with van der Waals surface area (Å²) in [5.41, 5.74) is 6.16. The van der Waals surface area contributed by atoms with Crippen molar-refractivity contribution in [1.82, 2.24) is 4.90 Å². The van der Waals surface area contributed by atoms with E-state index in [-0.39, 0.29) is 18.3 Å². The third-order valence-electron chi connectivity index (χ3n) is 3.02. The summed E-state index contributed by atoms with van der Waals surface area (Å²) in [7, 11) is 0. The number of hydrogen-bond acceptors (Lipinski definition) is 2. The molecule has 1 aromatic rings. The van der Waals surface area contributed by atoms with Crippen molar-refractivity contribution in [2.24, 2.45) is 11.1 Å². The Morgan fingerprint density at radius 2 is 2.05 bits per heavy atom. The molecule has 0 bridgehead atoms. The average molecular weight is 305 g/mol. The number of carbonyl (C=O) groups excluding carboxylic acids is 1. The molecular weight excluding hydrogens is 283 g/mol. The van der Waals surface area contributed by atoms with Crippen molar-refractivity contribution in [3.05, 3.63) is 34.9 Å². The lowest BCUT2D eigenvalue weighted by atomic mass is 9.91. The highest BCUT2D eigenvalue weighted by molar-refractivity contribution is 6.30. The van der Waals surface area contributed by atoms with Gasteiger partial charge in [0.15, 0.2) is 0 Å². The number of nitrogens with zero attached hydrogens (tertiary/aromatic N) is 1. The summed E-state index contributed by atoms with van der Waals surface area (Å²) >= 11 is 5.94. The summed E-state index contributed by atoms with van der Waals surface area (Å²) < 4.78 is 0. The molecule has 0 fully saturated rings. The SMILES string of the molecule is CCN(Cc1cccc(Cl)c1)C(=O)C(C)(C)CN.Cl. The lowest BCUT2D eigenvalue weighted by Gasteiger charge is -2.30. The maximum atomic E-state index is 12.3. The fraction of sp³-hybridized carbons (Fsp3) is 0.500. The van der Waals surface area contributed by atoms with E-state index in [0.29, 0.717) is 24.7 Å². The molecule has 0 aliphatic carbocycles. The van der Waals surface area contributed by atoms with Crippen molar-refractivity contribution in [2.75, 3.05) is 13.1 Å². The third-order valence-corrected chi connectivity index (χ3v) is 3.26. The first kappa shape index (κ1) is 18.2. The molecule has 1 rings (SSSR count). The molecule has 0 saturated heterocycles. The van der Waals surface area contributed by atoms with E-state index < -0.39 is 5.41 Å². The van der Waals surface area contributed by atoms with E-state index in [1.54, 1.807) is 4.90 Å². The number of amides is 1. The van der Waals surface area contributed by atoms with E-state index in [0.717, 1.165) is 5.56 Å². The van der Waals surface area contributed by atoms with Crippen LogP contribution in [0.1, 0.15) is 26.3 Å². The van der Waals surface area contributed by atoms with Gasteiger partial charge in [-0.2, -0.15) is 0 Å². The van der Waals surface area contributed by atoms with Gasteiger partial charge in [-0.3, -0.25) is 4.79 Å². The largest absolute Gasteiger partial charge is 0.338 e. The molecule has 108 valence electrons. The molecule has 3 nitrogen and oxygen atoms in total. The Bertz CT molecular complexity index is 422. The molecule has 1 aromatic carbocycles. The monoisotopic (exact) mass is 304 g/mol. The zero-order valence-electron chi connectivity index (χ0n) is 11.6. The highest BCUT2D eigenvalue weighted by Crippen LogP contribution is 2.19. The summed E-state index contributed by atoms with van der Waals surface area (Å²) in [4.78, 5) is 14.1. The molecule has 2 N–H and O–H groups in total. The molecule has 0 aliphatic rings. The first-order chi connectivity index (χ1) is 8.40. The van der Waals surface area contributed by atoms with Gasteiger partial charge in [0, 0.05) is 24.7 Å². The van der Waals surface area contributed by atoms with Crippen LogP contribution >= 0.6 is 24.0 Å². The van der Waals surface area contributed by atoms with Crippen molar-refractivity contribution < 1.29 is 4.79 Å². The van der Waals surface area contributed by atoms with Crippen LogP contribution in [-0.4, -0.2) is 23.9 Å². The smallest absolute Gasteiger partial charge is 0.229 e. The van der Waals surface area contributed by atoms with Gasteiger partial charge in [0.05, 0.1) is 5.41 Å². The minimum Gasteiger partial charge on any atom is -0.338 e. The lowest BCUT2D eigenvalue weighted by molar-refractivity contribution is -0.140. The molecular formula is C14H22Cl2N2O. The summed E-state index contributed by atoms with van der Waals surface area (Å²) in [5.74, 6) is 0.0764. The summed E-state index contributed by atoms with van der Waals surface area (Å²) in [6.45, 7) is 7.28. The molecule has 5 heteroatoms. The standard InChI is InChI=1S/C14H21ClN2O.ClH/c1-4-17(13(18)14(2,3)10-16)9-11-6-5-7-12(15)8-11;/h5-8H,4,9-10,16H2,1-3H3;1H. The van der Waals surface area contributed by atoms with Gasteiger partial charge in [-0.05, 0) is 38.5 Å². The Hall–Kier alpha value is -0.770. The zero-order valence-corrected chi connectivity index (χ0v) is 13.2. The maximum Gasteiger partial charge on any atom is 0.229 e. The van der Waals surface area contributed by atoms with Crippen LogP contribution in [0.3, 0.4) is 0 Å². The van der Waals surface area contributed by atoms with Crippen molar-refractivity contribution in [3.8, 4) is 0 Å². The average Bonchev–Trinajstić information content (AvgIpc) is 2.35. The van der Waals surface area contributed by atoms with Crippen LogP contribution in [0.5, 0.6) is 0 Å². The molecule has 0 spiro atoms. The molecule has 0 saturated carbocycles. The highest BCUT2D eigenvalue weighted by atomic mass is 35.5. The fourth-order valence-electron chi connectivity index (χ4n) is 1.70. The molecule has 0 aliphatic heterocycles. The fourth-order valence-corrected chi connectivity index (χ4v) is 1.91. The maximum absolute atomic E-state index is 12.3. The van der Waals surface area contributed by atoms with Crippen molar-refractivity contribution in [2.45, 2.75) is 27.3 Å². The second-order valence-corrected chi connectivity index (χ2v) is 5.47. The number of benzene rings is 1. The Kier molecular flexibility index (Phi) is 7.42. The normalized spacial score (nSPS) is 10.8. The number of hydrogen-bond donors (Lipinski definition) is 1. The minimum absolute atomic E-state index is 0. The predicted octanol–water partition coefficient (Wildman–Crippen LogP) is 3.10. The van der Waals surface area contributed by atoms with Crippen LogP contribution in [0.15, 0.2) is 24.3 Å². The quantitative estimate of drug-likeness (QED) is 0.908. The summed E-state index contributed by atoms with van der Waals surface area (Å²) in [5, 5.41) is 0.689. The predicted molar refractivity (Wildman–Crippen MR) is 82.6 cm³/mol. The topological polar surface area (TPSA) is 46.3 Å². The highest BCUT2D eigenvalue weighted by Gasteiger charge is 2.29. The third kappa shape index (κ3) is 5.01. The number of rotatable bonds is 5. The van der Waals surface area contributed by atoms with E-state index in [1.165, 1.54) is 0 Å². The van der Waals surface area contributed by atoms with E-state index >= 15 is 0 Å². The first-order valence-corrected chi connectivity index (χ1v) is 6.52. The number of nitrogens with two attached hydrogens (primary N) is 1. The van der Waals surface area contributed by atoms with Gasteiger partial charge in [-0.1, -0.05) is 23.7 Å². The second kappa shape index (κ2) is 7.73. The second-order valence-electron chi connectivity index (χ2n) is 5.04. The summed E-state index contributed by atoms with van der Waals surface area (Å²) in [6, 6.07) is 7.57. The van der Waals surface area contributed by atoms with Crippen LogP contribution in [0.2, 0.25) is 5.02 Å². The van der Waals surface area contributed by atoms with Gasteiger partial charge in [0.25, 0.3) is 0 Å². The zero-order chi connectivity index (χ0) is 13.8. The molecule has 0 unspecified atom stereocenters. The van der Waals surface area contributed by atoms with Crippen molar-refractivity contribution in [1.29, 1.82) is 0 Å². The van der Waals surface area contributed by atoms with Gasteiger partial charge in [0.2, 0.25) is 5.91 Å². The Morgan fingerprint density at radius 3 is 2.53 bits per heavy atom. The minimum atomic E-state index is -0.519. The van der Waals surface area contributed by atoms with Crippen LogP contribution in [0.25, 0.3) is 0 Å². The molecule has 0 atom stereocenters. The van der Waals surface area contributed by atoms with Crippen molar-refractivity contribution in [3.63, 3.8) is 0 Å². The number of halogens is 2. The Balaban J connectivity index is 0.00000324. The van der Waals surface area contributed by atoms with Gasteiger partial charge in [-0.25, -0.2) is 0 Å². The van der Waals surface area contributed by atoms with Gasteiger partial charge in [-0.15, -0.1) is 12.4 Å². The van der Waals surface area contributed by atoms with Gasteiger partial charge < -0.3 is 10.6 Å². The summed E-state index contributed by atoms with van der Waals surface area (Å²) in [6.07, 6.45) is 0. The van der Waals surface area contributed by atoms with Gasteiger partial charge >= 0.3 is 0 Å². The van der Waals surface area contributed by atoms with Crippen LogP contribution in [0.4, 0.5) is 0 Å². The first-order valence-electron chi connectivity index (χ1n) is 6.14. The van der Waals surface area contributed by atoms with E-state index in [9.17, 15) is 4.79 Å². The van der Waals surface area contributed by atoms with E-state index in [1.807, 2.05) is 45.0 Å². The molecule has 1 amide bonds. The van der Waals surface area contributed by atoms with Crippen LogP contribution in [-0.2, 0) is 11.3 Å².